The van der Waals surface area contributed by atoms with Gasteiger partial charge >= 0.3 is 0 Å². The second-order valence-corrected chi connectivity index (χ2v) is 4.39. The predicted molar refractivity (Wildman–Crippen MR) is 64.0 cm³/mol. The zero-order chi connectivity index (χ0) is 13.1. The minimum atomic E-state index is -2.45. The van der Waals surface area contributed by atoms with Crippen LogP contribution in [0.4, 0.5) is 8.78 Å². The van der Waals surface area contributed by atoms with E-state index in [1.165, 1.54) is 0 Å². The Kier molecular flexibility index (Phi) is 4.14. The molecule has 2 rings (SSSR count). The van der Waals surface area contributed by atoms with E-state index in [1.54, 1.807) is 7.11 Å². The van der Waals surface area contributed by atoms with Crippen LogP contribution < -0.4 is 10.5 Å². The van der Waals surface area contributed by atoms with Crippen LogP contribution in [0.3, 0.4) is 0 Å². The van der Waals surface area contributed by atoms with Gasteiger partial charge in [-0.05, 0) is 36.1 Å². The van der Waals surface area contributed by atoms with E-state index < -0.39 is 13.0 Å². The normalized spacial score (nSPS) is 22.9. The highest BCUT2D eigenvalue weighted by Crippen LogP contribution is 2.32. The zero-order valence-corrected chi connectivity index (χ0v) is 10.2. The molecule has 2 unspecified atom stereocenters. The molecule has 1 aliphatic carbocycles. The van der Waals surface area contributed by atoms with Gasteiger partial charge in [-0.15, -0.1) is 0 Å². The molecular formula is C13H17F2NO2. The van der Waals surface area contributed by atoms with Crippen molar-refractivity contribution in [3.8, 4) is 5.75 Å². The second-order valence-electron chi connectivity index (χ2n) is 4.39. The summed E-state index contributed by atoms with van der Waals surface area (Å²) in [5.74, 6) is 0.785. The molecule has 0 amide bonds. The summed E-state index contributed by atoms with van der Waals surface area (Å²) in [7, 11) is 1.61. The largest absolute Gasteiger partial charge is 0.497 e. The van der Waals surface area contributed by atoms with Gasteiger partial charge in [-0.25, -0.2) is 8.78 Å². The van der Waals surface area contributed by atoms with Crippen molar-refractivity contribution in [3.05, 3.63) is 29.3 Å². The first-order chi connectivity index (χ1) is 8.61. The summed E-state index contributed by atoms with van der Waals surface area (Å²) >= 11 is 0. The van der Waals surface area contributed by atoms with Gasteiger partial charge < -0.3 is 15.2 Å². The first kappa shape index (κ1) is 13.2. The summed E-state index contributed by atoms with van der Waals surface area (Å²) in [5.41, 5.74) is 8.13. The number of alkyl halides is 2. The summed E-state index contributed by atoms with van der Waals surface area (Å²) < 4.78 is 34.6. The third-order valence-corrected chi connectivity index (χ3v) is 3.24. The summed E-state index contributed by atoms with van der Waals surface area (Å²) in [6, 6.07) is 5.31. The number of hydrogen-bond donors (Lipinski definition) is 1. The number of nitrogens with two attached hydrogens (primary N) is 1. The summed E-state index contributed by atoms with van der Waals surface area (Å²) in [6.45, 7) is -0.552. The van der Waals surface area contributed by atoms with Crippen LogP contribution in [0.1, 0.15) is 23.6 Å². The van der Waals surface area contributed by atoms with Crippen LogP contribution in [0.15, 0.2) is 18.2 Å². The molecular weight excluding hydrogens is 240 g/mol. The monoisotopic (exact) mass is 257 g/mol. The van der Waals surface area contributed by atoms with Gasteiger partial charge in [-0.2, -0.15) is 0 Å². The number of halogens is 2. The van der Waals surface area contributed by atoms with Crippen molar-refractivity contribution >= 4 is 0 Å². The maximum atomic E-state index is 12.1. The van der Waals surface area contributed by atoms with Gasteiger partial charge in [0.1, 0.15) is 12.4 Å². The van der Waals surface area contributed by atoms with Crippen molar-refractivity contribution in [1.82, 2.24) is 0 Å². The van der Waals surface area contributed by atoms with Crippen molar-refractivity contribution in [1.29, 1.82) is 0 Å². The van der Waals surface area contributed by atoms with Gasteiger partial charge in [0.05, 0.1) is 19.3 Å². The van der Waals surface area contributed by atoms with Crippen molar-refractivity contribution in [3.63, 3.8) is 0 Å². The van der Waals surface area contributed by atoms with Crippen molar-refractivity contribution in [2.45, 2.75) is 31.4 Å². The highest BCUT2D eigenvalue weighted by Gasteiger charge is 2.28. The van der Waals surface area contributed by atoms with Gasteiger partial charge in [-0.1, -0.05) is 6.07 Å². The molecule has 2 N–H and O–H groups in total. The van der Waals surface area contributed by atoms with Crippen LogP contribution in [0.5, 0.6) is 5.75 Å². The molecule has 0 radical (unpaired) electrons. The Morgan fingerprint density at radius 1 is 1.44 bits per heavy atom. The minimum absolute atomic E-state index is 0.333. The smallest absolute Gasteiger partial charge is 0.261 e. The first-order valence-corrected chi connectivity index (χ1v) is 5.94. The van der Waals surface area contributed by atoms with Gasteiger partial charge in [0, 0.05) is 0 Å². The van der Waals surface area contributed by atoms with Crippen LogP contribution in [0.25, 0.3) is 0 Å². The molecule has 1 aliphatic rings. The fourth-order valence-corrected chi connectivity index (χ4v) is 2.31. The van der Waals surface area contributed by atoms with E-state index in [0.717, 1.165) is 23.3 Å². The Hall–Kier alpha value is -1.20. The van der Waals surface area contributed by atoms with E-state index >= 15 is 0 Å². The van der Waals surface area contributed by atoms with E-state index in [4.69, 9.17) is 15.2 Å². The van der Waals surface area contributed by atoms with Gasteiger partial charge in [0.15, 0.2) is 0 Å². The lowest BCUT2D eigenvalue weighted by molar-refractivity contribution is -0.0389. The van der Waals surface area contributed by atoms with Crippen LogP contribution in [-0.4, -0.2) is 26.2 Å². The lowest BCUT2D eigenvalue weighted by Gasteiger charge is -2.31. The Morgan fingerprint density at radius 3 is 2.89 bits per heavy atom. The maximum Gasteiger partial charge on any atom is 0.261 e. The number of fused-ring (bicyclic) bond motifs is 1. The molecule has 0 spiro atoms. The number of hydrogen-bond acceptors (Lipinski definition) is 3. The van der Waals surface area contributed by atoms with E-state index in [9.17, 15) is 8.78 Å². The average Bonchev–Trinajstić information content (AvgIpc) is 2.37. The number of rotatable bonds is 4. The summed E-state index contributed by atoms with van der Waals surface area (Å²) in [6.07, 6.45) is -1.35. The van der Waals surface area contributed by atoms with E-state index in [-0.39, 0.29) is 12.1 Å². The zero-order valence-electron chi connectivity index (χ0n) is 10.2. The van der Waals surface area contributed by atoms with Gasteiger partial charge in [0.2, 0.25) is 0 Å². The number of methoxy groups -OCH3 is 1. The van der Waals surface area contributed by atoms with Crippen LogP contribution in [-0.2, 0) is 11.2 Å². The fraction of sp³-hybridized carbons (Fsp3) is 0.538. The topological polar surface area (TPSA) is 44.5 Å². The molecule has 2 atom stereocenters. The average molecular weight is 257 g/mol. The Morgan fingerprint density at radius 2 is 2.22 bits per heavy atom. The van der Waals surface area contributed by atoms with Crippen molar-refractivity contribution in [2.75, 3.05) is 13.7 Å². The molecule has 0 fully saturated rings. The lowest BCUT2D eigenvalue weighted by atomic mass is 9.86. The first-order valence-electron chi connectivity index (χ1n) is 5.94. The van der Waals surface area contributed by atoms with Crippen molar-refractivity contribution < 1.29 is 18.3 Å². The number of ether oxygens (including phenoxy) is 2. The quantitative estimate of drug-likeness (QED) is 0.900. The van der Waals surface area contributed by atoms with Gasteiger partial charge in [-0.3, -0.25) is 0 Å². The molecule has 0 aliphatic heterocycles. The highest BCUT2D eigenvalue weighted by molar-refractivity contribution is 5.39. The van der Waals surface area contributed by atoms with Gasteiger partial charge in [0.25, 0.3) is 6.43 Å². The molecule has 0 aromatic heterocycles. The molecule has 18 heavy (non-hydrogen) atoms. The molecule has 0 heterocycles. The minimum Gasteiger partial charge on any atom is -0.497 e. The Bertz CT molecular complexity index is 412. The molecule has 100 valence electrons. The molecule has 0 bridgehead atoms. The molecule has 5 heteroatoms. The number of aryl methyl sites for hydroxylation is 1. The SMILES string of the molecule is COc1ccc2c(c1)CCC(OCC(F)F)C2N. The van der Waals surface area contributed by atoms with Crippen LogP contribution in [0, 0.1) is 0 Å². The van der Waals surface area contributed by atoms with Crippen molar-refractivity contribution in [2.24, 2.45) is 5.73 Å². The fourth-order valence-electron chi connectivity index (χ4n) is 2.31. The summed E-state index contributed by atoms with van der Waals surface area (Å²) in [4.78, 5) is 0. The Labute approximate surface area is 105 Å². The molecule has 1 aromatic rings. The highest BCUT2D eigenvalue weighted by atomic mass is 19.3. The predicted octanol–water partition coefficient (Wildman–Crippen LogP) is 2.29. The van der Waals surface area contributed by atoms with E-state index in [1.807, 2.05) is 18.2 Å². The Balaban J connectivity index is 2.10. The molecule has 3 nitrogen and oxygen atoms in total. The molecule has 0 saturated heterocycles. The summed E-state index contributed by atoms with van der Waals surface area (Å²) in [5, 5.41) is 0. The van der Waals surface area contributed by atoms with E-state index in [2.05, 4.69) is 0 Å². The maximum absolute atomic E-state index is 12.1. The van der Waals surface area contributed by atoms with Crippen LogP contribution in [0.2, 0.25) is 0 Å². The molecule has 1 aromatic carbocycles. The number of benzene rings is 1. The second kappa shape index (κ2) is 5.63. The van der Waals surface area contributed by atoms with E-state index in [0.29, 0.717) is 6.42 Å². The standard InChI is InChI=1S/C13H17F2NO2/c1-17-9-3-4-10-8(6-9)2-5-11(13(10)16)18-7-12(14)15/h3-4,6,11-13H,2,5,7,16H2,1H3. The van der Waals surface area contributed by atoms with Crippen LogP contribution >= 0.6 is 0 Å². The lowest BCUT2D eigenvalue weighted by Crippen LogP contribution is -2.34. The third-order valence-electron chi connectivity index (χ3n) is 3.24. The third kappa shape index (κ3) is 2.79. The molecule has 0 saturated carbocycles.